The first-order valence-electron chi connectivity index (χ1n) is 7.46. The Bertz CT molecular complexity index is 364. The van der Waals surface area contributed by atoms with Gasteiger partial charge in [-0.25, -0.2) is 4.98 Å². The zero-order chi connectivity index (χ0) is 14.1. The summed E-state index contributed by atoms with van der Waals surface area (Å²) in [5.41, 5.74) is 2.30. The van der Waals surface area contributed by atoms with E-state index in [1.165, 1.54) is 24.8 Å². The second kappa shape index (κ2) is 8.92. The molecule has 0 radical (unpaired) electrons. The van der Waals surface area contributed by atoms with Gasteiger partial charge in [0.1, 0.15) is 0 Å². The minimum atomic E-state index is 0.494. The van der Waals surface area contributed by atoms with Crippen LogP contribution >= 0.6 is 0 Å². The highest BCUT2D eigenvalue weighted by Gasteiger charge is 2.03. The van der Waals surface area contributed by atoms with Crippen molar-refractivity contribution in [1.29, 1.82) is 0 Å². The maximum Gasteiger partial charge on any atom is 0.213 e. The summed E-state index contributed by atoms with van der Waals surface area (Å²) >= 11 is 0. The fraction of sp³-hybridized carbons (Fsp3) is 0.688. The van der Waals surface area contributed by atoms with Crippen molar-refractivity contribution in [2.45, 2.75) is 66.0 Å². The molecule has 0 aromatic carbocycles. The van der Waals surface area contributed by atoms with Gasteiger partial charge in [0, 0.05) is 24.3 Å². The van der Waals surface area contributed by atoms with Gasteiger partial charge in [-0.1, -0.05) is 46.1 Å². The number of aryl methyl sites for hydroxylation is 1. The van der Waals surface area contributed by atoms with Crippen molar-refractivity contribution in [3.8, 4) is 5.88 Å². The molecule has 0 aliphatic heterocycles. The van der Waals surface area contributed by atoms with Crippen LogP contribution in [0.15, 0.2) is 12.1 Å². The number of nitrogens with zero attached hydrogens (tertiary/aromatic N) is 1. The van der Waals surface area contributed by atoms with Gasteiger partial charge < -0.3 is 10.1 Å². The van der Waals surface area contributed by atoms with Crippen LogP contribution < -0.4 is 10.1 Å². The molecule has 1 rings (SSSR count). The Morgan fingerprint density at radius 2 is 2.00 bits per heavy atom. The van der Waals surface area contributed by atoms with E-state index in [0.717, 1.165) is 31.1 Å². The van der Waals surface area contributed by atoms with Crippen LogP contribution in [0.2, 0.25) is 0 Å². The van der Waals surface area contributed by atoms with Crippen molar-refractivity contribution in [3.05, 3.63) is 23.4 Å². The molecule has 0 fully saturated rings. The molecule has 1 aromatic rings. The lowest BCUT2D eigenvalue weighted by Gasteiger charge is -2.11. The van der Waals surface area contributed by atoms with Gasteiger partial charge in [-0.3, -0.25) is 0 Å². The van der Waals surface area contributed by atoms with E-state index in [2.05, 4.69) is 37.1 Å². The Morgan fingerprint density at radius 3 is 2.63 bits per heavy atom. The summed E-state index contributed by atoms with van der Waals surface area (Å²) in [6, 6.07) is 4.58. The quantitative estimate of drug-likeness (QED) is 0.688. The van der Waals surface area contributed by atoms with Gasteiger partial charge in [0.2, 0.25) is 5.88 Å². The molecule has 1 N–H and O–H groups in total. The fourth-order valence-electron chi connectivity index (χ4n) is 1.85. The van der Waals surface area contributed by atoms with E-state index in [1.807, 2.05) is 13.0 Å². The van der Waals surface area contributed by atoms with E-state index >= 15 is 0 Å². The molecule has 1 aromatic heterocycles. The van der Waals surface area contributed by atoms with Crippen LogP contribution in [0.25, 0.3) is 0 Å². The Balaban J connectivity index is 2.38. The highest BCUT2D eigenvalue weighted by Crippen LogP contribution is 2.13. The van der Waals surface area contributed by atoms with Crippen LogP contribution in [0, 0.1) is 6.92 Å². The maximum atomic E-state index is 5.68. The molecule has 0 aliphatic carbocycles. The highest BCUT2D eigenvalue weighted by atomic mass is 16.5. The second-order valence-electron chi connectivity index (χ2n) is 5.34. The summed E-state index contributed by atoms with van der Waals surface area (Å²) < 4.78 is 5.68. The van der Waals surface area contributed by atoms with E-state index in [0.29, 0.717) is 6.04 Å². The van der Waals surface area contributed by atoms with E-state index in [9.17, 15) is 0 Å². The molecule has 0 atom stereocenters. The lowest BCUT2D eigenvalue weighted by molar-refractivity contribution is 0.293. The third-order valence-electron chi connectivity index (χ3n) is 3.12. The zero-order valence-electron chi connectivity index (χ0n) is 12.8. The summed E-state index contributed by atoms with van der Waals surface area (Å²) in [5, 5.41) is 3.41. The molecule has 0 amide bonds. The number of rotatable bonds is 9. The van der Waals surface area contributed by atoms with Crippen LogP contribution in [-0.2, 0) is 6.54 Å². The van der Waals surface area contributed by atoms with Gasteiger partial charge >= 0.3 is 0 Å². The molecule has 0 saturated heterocycles. The summed E-state index contributed by atoms with van der Waals surface area (Å²) in [4.78, 5) is 4.51. The van der Waals surface area contributed by atoms with Crippen molar-refractivity contribution in [2.75, 3.05) is 6.61 Å². The number of ether oxygens (including phenoxy) is 1. The second-order valence-corrected chi connectivity index (χ2v) is 5.34. The lowest BCUT2D eigenvalue weighted by Crippen LogP contribution is -2.22. The monoisotopic (exact) mass is 264 g/mol. The van der Waals surface area contributed by atoms with E-state index in [-0.39, 0.29) is 0 Å². The molecular weight excluding hydrogens is 236 g/mol. The third kappa shape index (κ3) is 6.58. The summed E-state index contributed by atoms with van der Waals surface area (Å²) in [5.74, 6) is 0.752. The SMILES string of the molecule is CCCCCCOc1ccc(CNC(C)C)c(C)n1. The maximum absolute atomic E-state index is 5.68. The van der Waals surface area contributed by atoms with Crippen LogP contribution in [0.5, 0.6) is 5.88 Å². The fourth-order valence-corrected chi connectivity index (χ4v) is 1.85. The van der Waals surface area contributed by atoms with Crippen LogP contribution in [0.1, 0.15) is 57.7 Å². The third-order valence-corrected chi connectivity index (χ3v) is 3.12. The average molecular weight is 264 g/mol. The van der Waals surface area contributed by atoms with Crippen molar-refractivity contribution < 1.29 is 4.74 Å². The van der Waals surface area contributed by atoms with Crippen LogP contribution in [0.3, 0.4) is 0 Å². The smallest absolute Gasteiger partial charge is 0.213 e. The van der Waals surface area contributed by atoms with Crippen molar-refractivity contribution >= 4 is 0 Å². The molecule has 0 aliphatic rings. The van der Waals surface area contributed by atoms with Crippen molar-refractivity contribution in [2.24, 2.45) is 0 Å². The molecule has 0 spiro atoms. The molecule has 3 nitrogen and oxygen atoms in total. The van der Waals surface area contributed by atoms with Crippen LogP contribution in [0.4, 0.5) is 0 Å². The molecular formula is C16H28N2O. The van der Waals surface area contributed by atoms with Gasteiger partial charge in [-0.15, -0.1) is 0 Å². The van der Waals surface area contributed by atoms with E-state index < -0.39 is 0 Å². The van der Waals surface area contributed by atoms with Crippen molar-refractivity contribution in [3.63, 3.8) is 0 Å². The molecule has 3 heteroatoms. The standard InChI is InChI=1S/C16H28N2O/c1-5-6-7-8-11-19-16-10-9-15(14(4)18-16)12-17-13(2)3/h9-10,13,17H,5-8,11-12H2,1-4H3. The van der Waals surface area contributed by atoms with Crippen LogP contribution in [-0.4, -0.2) is 17.6 Å². The van der Waals surface area contributed by atoms with Gasteiger partial charge in [0.15, 0.2) is 0 Å². The Kier molecular flexibility index (Phi) is 7.49. The molecule has 1 heterocycles. The number of hydrogen-bond acceptors (Lipinski definition) is 3. The summed E-state index contributed by atoms with van der Waals surface area (Å²) in [7, 11) is 0. The van der Waals surface area contributed by atoms with Gasteiger partial charge in [-0.2, -0.15) is 0 Å². The zero-order valence-corrected chi connectivity index (χ0v) is 12.8. The topological polar surface area (TPSA) is 34.1 Å². The Hall–Kier alpha value is -1.09. The van der Waals surface area contributed by atoms with Gasteiger partial charge in [0.25, 0.3) is 0 Å². The van der Waals surface area contributed by atoms with Crippen molar-refractivity contribution in [1.82, 2.24) is 10.3 Å². The predicted octanol–water partition coefficient (Wildman–Crippen LogP) is 3.85. The largest absolute Gasteiger partial charge is 0.478 e. The molecule has 0 unspecified atom stereocenters. The Labute approximate surface area is 117 Å². The normalized spacial score (nSPS) is 11.0. The first-order chi connectivity index (χ1) is 9.13. The number of unbranched alkanes of at least 4 members (excludes halogenated alkanes) is 3. The first-order valence-corrected chi connectivity index (χ1v) is 7.46. The van der Waals surface area contributed by atoms with E-state index in [1.54, 1.807) is 0 Å². The first kappa shape index (κ1) is 16.0. The molecule has 0 bridgehead atoms. The predicted molar refractivity (Wildman–Crippen MR) is 80.6 cm³/mol. The number of aromatic nitrogens is 1. The molecule has 108 valence electrons. The Morgan fingerprint density at radius 1 is 1.21 bits per heavy atom. The number of hydrogen-bond donors (Lipinski definition) is 1. The van der Waals surface area contributed by atoms with Gasteiger partial charge in [0.05, 0.1) is 6.61 Å². The number of nitrogens with one attached hydrogen (secondary N) is 1. The average Bonchev–Trinajstić information content (AvgIpc) is 2.37. The highest BCUT2D eigenvalue weighted by molar-refractivity contribution is 5.24. The van der Waals surface area contributed by atoms with Gasteiger partial charge in [-0.05, 0) is 18.9 Å². The summed E-state index contributed by atoms with van der Waals surface area (Å²) in [6.07, 6.45) is 4.90. The molecule has 19 heavy (non-hydrogen) atoms. The van der Waals surface area contributed by atoms with E-state index in [4.69, 9.17) is 4.74 Å². The minimum absolute atomic E-state index is 0.494. The number of pyridine rings is 1. The summed E-state index contributed by atoms with van der Waals surface area (Å²) in [6.45, 7) is 10.2. The molecule has 0 saturated carbocycles. The lowest BCUT2D eigenvalue weighted by atomic mass is 10.2. The minimum Gasteiger partial charge on any atom is -0.478 e.